The number of rotatable bonds is 4. The molecular formula is C9H17NO4. The largest absolute Gasteiger partial charge is 0.326 e. The van der Waals surface area contributed by atoms with E-state index >= 15 is 0 Å². The monoisotopic (exact) mass is 203 g/mol. The van der Waals surface area contributed by atoms with E-state index in [1.165, 1.54) is 0 Å². The normalized spacial score (nSPS) is 21.6. The Morgan fingerprint density at radius 2 is 2.00 bits per heavy atom. The van der Waals surface area contributed by atoms with Crippen LogP contribution in [0.2, 0.25) is 0 Å². The SMILES string of the molecule is CN(C)CCOC1(C)OCC(=O)CO1. The van der Waals surface area contributed by atoms with E-state index in [1.807, 2.05) is 19.0 Å². The first-order chi connectivity index (χ1) is 6.52. The average molecular weight is 203 g/mol. The van der Waals surface area contributed by atoms with Crippen molar-refractivity contribution >= 4 is 5.78 Å². The number of ether oxygens (including phenoxy) is 3. The highest BCUT2D eigenvalue weighted by Gasteiger charge is 2.33. The lowest BCUT2D eigenvalue weighted by atomic mass is 10.4. The minimum Gasteiger partial charge on any atom is -0.326 e. The Kier molecular flexibility index (Phi) is 4.00. The molecule has 1 heterocycles. The van der Waals surface area contributed by atoms with Gasteiger partial charge in [-0.2, -0.15) is 0 Å². The van der Waals surface area contributed by atoms with Gasteiger partial charge in [0.15, 0.2) is 5.78 Å². The number of carbonyl (C=O) groups excluding carboxylic acids is 1. The molecule has 1 aliphatic heterocycles. The summed E-state index contributed by atoms with van der Waals surface area (Å²) in [7, 11) is 3.91. The lowest BCUT2D eigenvalue weighted by Gasteiger charge is -2.32. The van der Waals surface area contributed by atoms with Crippen LogP contribution in [0, 0.1) is 0 Å². The van der Waals surface area contributed by atoms with Crippen molar-refractivity contribution in [2.75, 3.05) is 40.5 Å². The third-order valence-corrected chi connectivity index (χ3v) is 1.89. The second-order valence-corrected chi connectivity index (χ2v) is 3.63. The molecule has 0 atom stereocenters. The summed E-state index contributed by atoms with van der Waals surface area (Å²) in [5.74, 6) is -1.11. The molecule has 0 saturated carbocycles. The summed E-state index contributed by atoms with van der Waals surface area (Å²) in [6.45, 7) is 3.11. The van der Waals surface area contributed by atoms with Crippen molar-refractivity contribution in [2.24, 2.45) is 0 Å². The first-order valence-electron chi connectivity index (χ1n) is 4.60. The summed E-state index contributed by atoms with van der Waals surface area (Å²) in [6, 6.07) is 0. The molecule has 0 spiro atoms. The number of nitrogens with zero attached hydrogens (tertiary/aromatic N) is 1. The summed E-state index contributed by atoms with van der Waals surface area (Å²) in [5.41, 5.74) is 0. The van der Waals surface area contributed by atoms with Gasteiger partial charge in [0.05, 0.1) is 6.61 Å². The zero-order valence-electron chi connectivity index (χ0n) is 8.91. The van der Waals surface area contributed by atoms with Crippen molar-refractivity contribution in [3.63, 3.8) is 0 Å². The minimum absolute atomic E-state index is 0.0568. The second kappa shape index (κ2) is 4.84. The van der Waals surface area contributed by atoms with Gasteiger partial charge in [-0.05, 0) is 14.1 Å². The van der Waals surface area contributed by atoms with E-state index < -0.39 is 5.97 Å². The van der Waals surface area contributed by atoms with Gasteiger partial charge in [0, 0.05) is 13.5 Å². The molecule has 1 aliphatic rings. The molecule has 0 aromatic carbocycles. The lowest BCUT2D eigenvalue weighted by Crippen LogP contribution is -2.45. The zero-order chi connectivity index (χ0) is 10.6. The Morgan fingerprint density at radius 1 is 1.43 bits per heavy atom. The third-order valence-electron chi connectivity index (χ3n) is 1.89. The van der Waals surface area contributed by atoms with Gasteiger partial charge in [-0.3, -0.25) is 4.79 Å². The maximum atomic E-state index is 10.8. The number of likely N-dealkylation sites (N-methyl/N-ethyl adjacent to an activating group) is 1. The first-order valence-corrected chi connectivity index (χ1v) is 4.60. The molecular weight excluding hydrogens is 186 g/mol. The van der Waals surface area contributed by atoms with E-state index in [-0.39, 0.29) is 19.0 Å². The predicted molar refractivity (Wildman–Crippen MR) is 49.8 cm³/mol. The molecule has 0 N–H and O–H groups in total. The minimum atomic E-state index is -1.05. The molecule has 1 rings (SSSR count). The number of hydrogen-bond donors (Lipinski definition) is 0. The smallest absolute Gasteiger partial charge is 0.280 e. The van der Waals surface area contributed by atoms with Crippen LogP contribution < -0.4 is 0 Å². The van der Waals surface area contributed by atoms with Crippen molar-refractivity contribution in [2.45, 2.75) is 12.9 Å². The highest BCUT2D eigenvalue weighted by Crippen LogP contribution is 2.17. The summed E-state index contributed by atoms with van der Waals surface area (Å²) < 4.78 is 15.7. The number of hydrogen-bond acceptors (Lipinski definition) is 5. The van der Waals surface area contributed by atoms with E-state index in [2.05, 4.69) is 0 Å². The fourth-order valence-electron chi connectivity index (χ4n) is 1.00. The average Bonchev–Trinajstić information content (AvgIpc) is 2.10. The quantitative estimate of drug-likeness (QED) is 0.636. The topological polar surface area (TPSA) is 48.0 Å². The number of ketones is 1. The van der Waals surface area contributed by atoms with Crippen molar-refractivity contribution < 1.29 is 19.0 Å². The van der Waals surface area contributed by atoms with Crippen molar-refractivity contribution in [1.82, 2.24) is 4.90 Å². The maximum Gasteiger partial charge on any atom is 0.280 e. The standard InChI is InChI=1S/C9H17NO4/c1-9(12-5-4-10(2)3)13-6-8(11)7-14-9/h4-7H2,1-3H3. The van der Waals surface area contributed by atoms with E-state index in [9.17, 15) is 4.79 Å². The van der Waals surface area contributed by atoms with Gasteiger partial charge in [-0.15, -0.1) is 0 Å². The molecule has 5 nitrogen and oxygen atoms in total. The number of carbonyl (C=O) groups is 1. The molecule has 0 aromatic rings. The Labute approximate surface area is 83.9 Å². The predicted octanol–water partition coefficient (Wildman–Crippen LogP) is -0.146. The molecule has 0 aliphatic carbocycles. The molecule has 5 heteroatoms. The highest BCUT2D eigenvalue weighted by molar-refractivity contribution is 5.81. The molecule has 14 heavy (non-hydrogen) atoms. The Balaban J connectivity index is 2.25. The molecule has 0 unspecified atom stereocenters. The molecule has 0 amide bonds. The Bertz CT molecular complexity index is 195. The van der Waals surface area contributed by atoms with Gasteiger partial charge in [-0.1, -0.05) is 0 Å². The summed E-state index contributed by atoms with van der Waals surface area (Å²) >= 11 is 0. The molecule has 82 valence electrons. The van der Waals surface area contributed by atoms with Crippen LogP contribution in [0.4, 0.5) is 0 Å². The molecule has 1 saturated heterocycles. The van der Waals surface area contributed by atoms with E-state index in [4.69, 9.17) is 14.2 Å². The second-order valence-electron chi connectivity index (χ2n) is 3.63. The molecule has 0 aromatic heterocycles. The fraction of sp³-hybridized carbons (Fsp3) is 0.889. The van der Waals surface area contributed by atoms with E-state index in [0.717, 1.165) is 6.54 Å². The van der Waals surface area contributed by atoms with Crippen molar-refractivity contribution in [3.8, 4) is 0 Å². The molecule has 0 radical (unpaired) electrons. The number of Topliss-reactive ketones (excluding diaryl/α,β-unsaturated/α-hetero) is 1. The van der Waals surface area contributed by atoms with Gasteiger partial charge in [0.2, 0.25) is 0 Å². The van der Waals surface area contributed by atoms with Gasteiger partial charge >= 0.3 is 0 Å². The zero-order valence-corrected chi connectivity index (χ0v) is 8.91. The van der Waals surface area contributed by atoms with Crippen LogP contribution in [-0.4, -0.2) is 57.1 Å². The molecule has 1 fully saturated rings. The first kappa shape index (κ1) is 11.6. The maximum absolute atomic E-state index is 10.8. The van der Waals surface area contributed by atoms with E-state index in [0.29, 0.717) is 6.61 Å². The van der Waals surface area contributed by atoms with Gasteiger partial charge in [0.25, 0.3) is 5.97 Å². The van der Waals surface area contributed by atoms with Gasteiger partial charge in [-0.25, -0.2) is 0 Å². The third kappa shape index (κ3) is 3.71. The Hall–Kier alpha value is -0.490. The van der Waals surface area contributed by atoms with Crippen LogP contribution in [0.15, 0.2) is 0 Å². The summed E-state index contributed by atoms with van der Waals surface area (Å²) in [4.78, 5) is 12.8. The van der Waals surface area contributed by atoms with Crippen LogP contribution in [0.25, 0.3) is 0 Å². The Morgan fingerprint density at radius 3 is 2.50 bits per heavy atom. The molecule has 0 bridgehead atoms. The van der Waals surface area contributed by atoms with Gasteiger partial charge in [0.1, 0.15) is 13.2 Å². The van der Waals surface area contributed by atoms with Crippen molar-refractivity contribution in [3.05, 3.63) is 0 Å². The van der Waals surface area contributed by atoms with E-state index in [1.54, 1.807) is 6.92 Å². The highest BCUT2D eigenvalue weighted by atomic mass is 16.9. The van der Waals surface area contributed by atoms with Crippen LogP contribution in [0.1, 0.15) is 6.92 Å². The summed E-state index contributed by atoms with van der Waals surface area (Å²) in [5, 5.41) is 0. The van der Waals surface area contributed by atoms with Crippen LogP contribution in [0.5, 0.6) is 0 Å². The van der Waals surface area contributed by atoms with Crippen LogP contribution >= 0.6 is 0 Å². The lowest BCUT2D eigenvalue weighted by molar-refractivity contribution is -0.375. The van der Waals surface area contributed by atoms with Crippen LogP contribution in [0.3, 0.4) is 0 Å². The van der Waals surface area contributed by atoms with Crippen LogP contribution in [-0.2, 0) is 19.0 Å². The van der Waals surface area contributed by atoms with Gasteiger partial charge < -0.3 is 19.1 Å². The van der Waals surface area contributed by atoms with Crippen molar-refractivity contribution in [1.29, 1.82) is 0 Å². The summed E-state index contributed by atoms with van der Waals surface area (Å²) in [6.07, 6.45) is 0. The fourth-order valence-corrected chi connectivity index (χ4v) is 1.00.